The van der Waals surface area contributed by atoms with Crippen LogP contribution in [0.1, 0.15) is 30.9 Å². The minimum absolute atomic E-state index is 0.0476. The van der Waals surface area contributed by atoms with E-state index in [1.54, 1.807) is 40.0 Å². The summed E-state index contributed by atoms with van der Waals surface area (Å²) in [5.41, 5.74) is 2.30. The Morgan fingerprint density at radius 2 is 1.78 bits per heavy atom. The van der Waals surface area contributed by atoms with Crippen LogP contribution in [0.3, 0.4) is 0 Å². The van der Waals surface area contributed by atoms with Gasteiger partial charge in [0, 0.05) is 29.0 Å². The van der Waals surface area contributed by atoms with Gasteiger partial charge in [-0.05, 0) is 73.5 Å². The quantitative estimate of drug-likeness (QED) is 0.415. The summed E-state index contributed by atoms with van der Waals surface area (Å²) in [4.78, 5) is 27.5. The van der Waals surface area contributed by atoms with Crippen molar-refractivity contribution in [2.24, 2.45) is 5.92 Å². The van der Waals surface area contributed by atoms with Crippen LogP contribution in [0, 0.1) is 17.6 Å². The topological polar surface area (TPSA) is 76.5 Å². The molecule has 2 amide bonds. The van der Waals surface area contributed by atoms with Gasteiger partial charge in [0.1, 0.15) is 17.4 Å². The predicted molar refractivity (Wildman–Crippen MR) is 133 cm³/mol. The molecule has 2 heterocycles. The lowest BCUT2D eigenvalue weighted by Crippen LogP contribution is -2.41. The fraction of sp³-hybridized carbons (Fsp3) is 0.250. The number of methoxy groups -OCH3 is 1. The monoisotopic (exact) mass is 502 g/mol. The molecule has 3 aromatic carbocycles. The van der Waals surface area contributed by atoms with Crippen molar-refractivity contribution in [1.29, 1.82) is 0 Å². The van der Waals surface area contributed by atoms with Gasteiger partial charge in [-0.25, -0.2) is 13.5 Å². The molecule has 2 aliphatic rings. The maximum Gasteiger partial charge on any atom is 0.229 e. The minimum atomic E-state index is -0.755. The lowest BCUT2D eigenvalue weighted by Gasteiger charge is -2.30. The molecule has 37 heavy (non-hydrogen) atoms. The number of aromatic nitrogens is 2. The second-order valence-corrected chi connectivity index (χ2v) is 9.47. The van der Waals surface area contributed by atoms with E-state index in [1.807, 2.05) is 12.1 Å². The summed E-state index contributed by atoms with van der Waals surface area (Å²) >= 11 is 0. The lowest BCUT2D eigenvalue weighted by atomic mass is 9.98. The predicted octanol–water partition coefficient (Wildman–Crippen LogP) is 4.69. The Bertz CT molecular complexity index is 1510. The van der Waals surface area contributed by atoms with Crippen molar-refractivity contribution in [3.63, 3.8) is 0 Å². The van der Waals surface area contributed by atoms with Gasteiger partial charge in [-0.3, -0.25) is 9.59 Å². The smallest absolute Gasteiger partial charge is 0.229 e. The van der Waals surface area contributed by atoms with Crippen molar-refractivity contribution in [2.45, 2.75) is 31.3 Å². The number of benzene rings is 3. The number of carbonyl (C=O) groups excluding carboxylic acids is 2. The van der Waals surface area contributed by atoms with Crippen molar-refractivity contribution >= 4 is 28.4 Å². The zero-order valence-corrected chi connectivity index (χ0v) is 20.0. The van der Waals surface area contributed by atoms with Gasteiger partial charge in [0.15, 0.2) is 0 Å². The Kier molecular flexibility index (Phi) is 5.62. The Balaban J connectivity index is 1.41. The summed E-state index contributed by atoms with van der Waals surface area (Å²) in [6.45, 7) is 0. The van der Waals surface area contributed by atoms with Gasteiger partial charge in [-0.15, -0.1) is 0 Å². The number of nitrogens with zero attached hydrogens (tertiary/aromatic N) is 3. The third-order valence-electron chi connectivity index (χ3n) is 7.02. The summed E-state index contributed by atoms with van der Waals surface area (Å²) in [6, 6.07) is 14.5. The number of carbonyl (C=O) groups is 2. The first-order valence-electron chi connectivity index (χ1n) is 12.1. The fourth-order valence-electron chi connectivity index (χ4n) is 5.00. The number of nitrogens with one attached hydrogen (secondary N) is 1. The van der Waals surface area contributed by atoms with E-state index >= 15 is 4.39 Å². The molecule has 1 saturated carbocycles. The average Bonchev–Trinajstić information content (AvgIpc) is 3.60. The molecule has 0 unspecified atom stereocenters. The molecule has 0 radical (unpaired) electrons. The molecule has 6 rings (SSSR count). The van der Waals surface area contributed by atoms with Gasteiger partial charge < -0.3 is 15.0 Å². The first-order chi connectivity index (χ1) is 17.9. The van der Waals surface area contributed by atoms with Crippen molar-refractivity contribution in [2.75, 3.05) is 12.0 Å². The number of halogens is 2. The van der Waals surface area contributed by atoms with E-state index < -0.39 is 17.9 Å². The number of amides is 2. The highest BCUT2D eigenvalue weighted by Gasteiger charge is 2.45. The number of ether oxygens (including phenoxy) is 1. The van der Waals surface area contributed by atoms with E-state index in [1.165, 1.54) is 31.4 Å². The highest BCUT2D eigenvalue weighted by Crippen LogP contribution is 2.41. The van der Waals surface area contributed by atoms with E-state index in [0.29, 0.717) is 17.1 Å². The van der Waals surface area contributed by atoms with Gasteiger partial charge >= 0.3 is 0 Å². The van der Waals surface area contributed by atoms with Crippen LogP contribution in [0.15, 0.2) is 66.9 Å². The van der Waals surface area contributed by atoms with Crippen molar-refractivity contribution < 1.29 is 23.1 Å². The van der Waals surface area contributed by atoms with E-state index in [4.69, 9.17) is 4.74 Å². The maximum atomic E-state index is 15.2. The molecule has 188 valence electrons. The molecule has 1 N–H and O–H groups in total. The van der Waals surface area contributed by atoms with Gasteiger partial charge in [0.2, 0.25) is 11.8 Å². The van der Waals surface area contributed by atoms with Crippen LogP contribution >= 0.6 is 0 Å². The van der Waals surface area contributed by atoms with Crippen LogP contribution in [0.25, 0.3) is 16.6 Å². The highest BCUT2D eigenvalue weighted by molar-refractivity contribution is 6.00. The second kappa shape index (κ2) is 8.99. The summed E-state index contributed by atoms with van der Waals surface area (Å²) in [7, 11) is 1.49. The number of rotatable bonds is 6. The molecule has 4 aromatic rings. The zero-order chi connectivity index (χ0) is 25.7. The molecule has 9 heteroatoms. The normalized spacial score (nSPS) is 19.4. The van der Waals surface area contributed by atoms with E-state index in [0.717, 1.165) is 23.7 Å². The molecule has 0 bridgehead atoms. The molecule has 0 spiro atoms. The highest BCUT2D eigenvalue weighted by atomic mass is 19.1. The van der Waals surface area contributed by atoms with Gasteiger partial charge in [0.05, 0.1) is 36.6 Å². The Hall–Kier alpha value is -4.27. The second-order valence-electron chi connectivity index (χ2n) is 9.47. The molecule has 1 aliphatic carbocycles. The molecular formula is C28H24F2N4O3. The lowest BCUT2D eigenvalue weighted by molar-refractivity contribution is -0.123. The molecule has 1 aliphatic heterocycles. The van der Waals surface area contributed by atoms with Crippen LogP contribution in [0.2, 0.25) is 0 Å². The SMILES string of the molecule is COc1ccc(F)c([C@H]2[C@H](NC(=O)C3CC3)CC(=O)N2c2ccc3c(cnn3-c3ccc(F)cc3)c2)c1. The zero-order valence-electron chi connectivity index (χ0n) is 20.0. The average molecular weight is 503 g/mol. The number of hydrogen-bond donors (Lipinski definition) is 1. The van der Waals surface area contributed by atoms with Crippen LogP contribution in [0.4, 0.5) is 14.5 Å². The number of anilines is 1. The maximum absolute atomic E-state index is 15.2. The Labute approximate surface area is 211 Å². The third-order valence-corrected chi connectivity index (χ3v) is 7.02. The van der Waals surface area contributed by atoms with E-state index in [9.17, 15) is 14.0 Å². The molecular weight excluding hydrogens is 478 g/mol. The van der Waals surface area contributed by atoms with Crippen LogP contribution in [0.5, 0.6) is 5.75 Å². The van der Waals surface area contributed by atoms with Crippen molar-refractivity contribution in [1.82, 2.24) is 15.1 Å². The first kappa shape index (κ1) is 23.1. The summed E-state index contributed by atoms with van der Waals surface area (Å²) in [6.07, 6.45) is 3.36. The first-order valence-corrected chi connectivity index (χ1v) is 12.1. The number of fused-ring (bicyclic) bond motifs is 1. The van der Waals surface area contributed by atoms with Crippen molar-refractivity contribution in [3.05, 3.63) is 84.1 Å². The molecule has 7 nitrogen and oxygen atoms in total. The summed E-state index contributed by atoms with van der Waals surface area (Å²) < 4.78 is 35.6. The standard InChI is InChI=1S/C28H24F2N4O3/c1-37-21-9-10-23(30)22(13-21)27-24(32-28(36)16-2-3-16)14-26(35)33(27)20-8-11-25-17(12-20)15-31-34(25)19-6-4-18(29)5-7-19/h4-13,15-16,24,27H,2-3,14H2,1H3,(H,32,36)/t24-,27+/m1/s1. The van der Waals surface area contributed by atoms with Gasteiger partial charge in [0.25, 0.3) is 0 Å². The van der Waals surface area contributed by atoms with Crippen LogP contribution in [-0.2, 0) is 9.59 Å². The molecule has 1 saturated heterocycles. The molecule has 2 atom stereocenters. The number of hydrogen-bond acceptors (Lipinski definition) is 4. The summed E-state index contributed by atoms with van der Waals surface area (Å²) in [5, 5.41) is 8.18. The minimum Gasteiger partial charge on any atom is -0.497 e. The molecule has 1 aromatic heterocycles. The fourth-order valence-corrected chi connectivity index (χ4v) is 5.00. The van der Waals surface area contributed by atoms with Gasteiger partial charge in [-0.2, -0.15) is 5.10 Å². The van der Waals surface area contributed by atoms with E-state index in [2.05, 4.69) is 10.4 Å². The third kappa shape index (κ3) is 4.20. The van der Waals surface area contributed by atoms with Crippen LogP contribution in [-0.4, -0.2) is 34.7 Å². The summed E-state index contributed by atoms with van der Waals surface area (Å²) in [5.74, 6) is -0.745. The van der Waals surface area contributed by atoms with Crippen molar-refractivity contribution in [3.8, 4) is 11.4 Å². The Morgan fingerprint density at radius 1 is 1.03 bits per heavy atom. The molecule has 2 fully saturated rings. The van der Waals surface area contributed by atoms with E-state index in [-0.39, 0.29) is 35.5 Å². The van der Waals surface area contributed by atoms with Gasteiger partial charge in [-0.1, -0.05) is 0 Å². The Morgan fingerprint density at radius 3 is 2.51 bits per heavy atom. The largest absolute Gasteiger partial charge is 0.497 e. The van der Waals surface area contributed by atoms with Crippen LogP contribution < -0.4 is 15.0 Å².